The summed E-state index contributed by atoms with van der Waals surface area (Å²) < 4.78 is 36.3. The number of nitrogens with zero attached hydrogens (tertiary/aromatic N) is 5. The number of rotatable bonds is 7. The fourth-order valence-electron chi connectivity index (χ4n) is 4.85. The summed E-state index contributed by atoms with van der Waals surface area (Å²) in [5, 5.41) is 0.548. The zero-order valence-electron chi connectivity index (χ0n) is 20.3. The van der Waals surface area contributed by atoms with E-state index in [1.165, 1.54) is 16.6 Å². The lowest BCUT2D eigenvalue weighted by molar-refractivity contribution is 0.196. The molecule has 0 saturated carbocycles. The largest absolute Gasteiger partial charge is 0.477 e. The number of likely N-dealkylation sites (N-methyl/N-ethyl adjacent to an activating group) is 1. The summed E-state index contributed by atoms with van der Waals surface area (Å²) >= 11 is 0. The van der Waals surface area contributed by atoms with Crippen molar-refractivity contribution in [3.63, 3.8) is 0 Å². The molecular weight excluding hydrogens is 468 g/mol. The van der Waals surface area contributed by atoms with Crippen LogP contribution in [0.25, 0.3) is 22.3 Å². The summed E-state index contributed by atoms with van der Waals surface area (Å²) in [4.78, 5) is 27.3. The summed E-state index contributed by atoms with van der Waals surface area (Å²) in [7, 11) is -3.75. The predicted molar refractivity (Wildman–Crippen MR) is 133 cm³/mol. The number of hydrogen-bond acceptors (Lipinski definition) is 7. The van der Waals surface area contributed by atoms with Gasteiger partial charge in [0.2, 0.25) is 15.9 Å². The zero-order chi connectivity index (χ0) is 24.6. The fraction of sp³-hybridized carbons (Fsp3) is 0.542. The molecule has 1 saturated heterocycles. The maximum Gasteiger partial charge on any atom is 0.260 e. The summed E-state index contributed by atoms with van der Waals surface area (Å²) in [6.07, 6.45) is 6.95. The van der Waals surface area contributed by atoms with Gasteiger partial charge >= 0.3 is 0 Å². The highest BCUT2D eigenvalue weighted by molar-refractivity contribution is 7.89. The number of sulfonamides is 1. The van der Waals surface area contributed by atoms with Gasteiger partial charge in [-0.3, -0.25) is 4.79 Å². The second-order valence-corrected chi connectivity index (χ2v) is 11.1. The fourth-order valence-corrected chi connectivity index (χ4v) is 6.24. The van der Waals surface area contributed by atoms with Crippen LogP contribution < -0.4 is 10.3 Å². The Morgan fingerprint density at radius 3 is 2.66 bits per heavy atom. The minimum Gasteiger partial charge on any atom is -0.477 e. The first-order valence-electron chi connectivity index (χ1n) is 12.4. The Labute approximate surface area is 205 Å². The van der Waals surface area contributed by atoms with Gasteiger partial charge in [-0.1, -0.05) is 13.8 Å². The minimum absolute atomic E-state index is 0.0722. The lowest BCUT2D eigenvalue weighted by atomic mass is 10.1. The first kappa shape index (κ1) is 24.0. The SMILES string of the molecule is CCCOc1ncc(S(=O)(=O)N2CCN(CC)CC2)cc1-c1nc2c3n(cc2c(=O)[nH]1)CCCC3. The Bertz CT molecular complexity index is 1390. The van der Waals surface area contributed by atoms with Gasteiger partial charge in [0.05, 0.1) is 29.3 Å². The van der Waals surface area contributed by atoms with Crippen LogP contribution in [-0.4, -0.2) is 76.5 Å². The summed E-state index contributed by atoms with van der Waals surface area (Å²) in [6.45, 7) is 8.48. The first-order chi connectivity index (χ1) is 16.9. The van der Waals surface area contributed by atoms with Crippen LogP contribution in [0.2, 0.25) is 0 Å². The quantitative estimate of drug-likeness (QED) is 0.529. The van der Waals surface area contributed by atoms with E-state index >= 15 is 0 Å². The van der Waals surface area contributed by atoms with E-state index in [2.05, 4.69) is 26.4 Å². The van der Waals surface area contributed by atoms with Crippen LogP contribution in [0.15, 0.2) is 28.2 Å². The molecule has 10 nitrogen and oxygen atoms in total. The molecule has 1 N–H and O–H groups in total. The van der Waals surface area contributed by atoms with E-state index in [9.17, 15) is 13.2 Å². The third-order valence-electron chi connectivity index (χ3n) is 6.86. The highest BCUT2D eigenvalue weighted by Gasteiger charge is 2.30. The molecule has 1 fully saturated rings. The maximum absolute atomic E-state index is 13.5. The number of aromatic amines is 1. The van der Waals surface area contributed by atoms with Crippen molar-refractivity contribution >= 4 is 20.9 Å². The third-order valence-corrected chi connectivity index (χ3v) is 8.73. The number of fused-ring (bicyclic) bond motifs is 3. The van der Waals surface area contributed by atoms with E-state index in [4.69, 9.17) is 9.72 Å². The normalized spacial score (nSPS) is 17.5. The van der Waals surface area contributed by atoms with Gasteiger partial charge in [0, 0.05) is 44.6 Å². The molecule has 2 aliphatic rings. The topological polar surface area (TPSA) is 113 Å². The molecule has 5 rings (SSSR count). The highest BCUT2D eigenvalue weighted by Crippen LogP contribution is 2.31. The Morgan fingerprint density at radius 1 is 1.11 bits per heavy atom. The molecule has 5 heterocycles. The number of piperazine rings is 1. The number of ether oxygens (including phenoxy) is 1. The average molecular weight is 501 g/mol. The molecule has 188 valence electrons. The Balaban J connectivity index is 1.59. The molecule has 0 bridgehead atoms. The molecule has 0 radical (unpaired) electrons. The van der Waals surface area contributed by atoms with Crippen molar-refractivity contribution in [3.8, 4) is 17.3 Å². The number of aromatic nitrogens is 4. The molecule has 0 atom stereocenters. The Morgan fingerprint density at radius 2 is 1.91 bits per heavy atom. The number of nitrogens with one attached hydrogen (secondary N) is 1. The Hall–Kier alpha value is -2.76. The molecule has 11 heteroatoms. The van der Waals surface area contributed by atoms with Crippen LogP contribution in [0.3, 0.4) is 0 Å². The van der Waals surface area contributed by atoms with Crippen LogP contribution in [0.1, 0.15) is 38.8 Å². The van der Waals surface area contributed by atoms with Crippen molar-refractivity contribution in [3.05, 3.63) is 34.5 Å². The lowest BCUT2D eigenvalue weighted by Crippen LogP contribution is -2.48. The smallest absolute Gasteiger partial charge is 0.260 e. The van der Waals surface area contributed by atoms with E-state index in [0.717, 1.165) is 44.5 Å². The molecule has 3 aromatic rings. The van der Waals surface area contributed by atoms with Crippen molar-refractivity contribution in [2.75, 3.05) is 39.3 Å². The minimum atomic E-state index is -3.75. The molecular formula is C24H32N6O4S. The predicted octanol–water partition coefficient (Wildman–Crippen LogP) is 2.24. The van der Waals surface area contributed by atoms with Gasteiger partial charge in [0.25, 0.3) is 5.56 Å². The third kappa shape index (κ3) is 4.48. The number of aryl methyl sites for hydroxylation is 2. The second-order valence-electron chi connectivity index (χ2n) is 9.11. The van der Waals surface area contributed by atoms with Crippen molar-refractivity contribution in [2.24, 2.45) is 0 Å². The van der Waals surface area contributed by atoms with E-state index in [1.54, 1.807) is 0 Å². The van der Waals surface area contributed by atoms with Crippen molar-refractivity contribution in [1.29, 1.82) is 0 Å². The van der Waals surface area contributed by atoms with E-state index in [-0.39, 0.29) is 22.2 Å². The van der Waals surface area contributed by atoms with Crippen LogP contribution in [-0.2, 0) is 23.0 Å². The summed E-state index contributed by atoms with van der Waals surface area (Å²) in [5.74, 6) is 0.533. The van der Waals surface area contributed by atoms with Gasteiger partial charge in [0.15, 0.2) is 0 Å². The summed E-state index contributed by atoms with van der Waals surface area (Å²) in [6, 6.07) is 1.53. The average Bonchev–Trinajstić information content (AvgIpc) is 3.27. The van der Waals surface area contributed by atoms with Crippen LogP contribution in [0, 0.1) is 0 Å². The lowest BCUT2D eigenvalue weighted by Gasteiger charge is -2.33. The molecule has 0 aromatic carbocycles. The van der Waals surface area contributed by atoms with E-state index < -0.39 is 10.0 Å². The number of hydrogen-bond donors (Lipinski definition) is 1. The van der Waals surface area contributed by atoms with Gasteiger partial charge in [-0.05, 0) is 38.3 Å². The second kappa shape index (κ2) is 9.71. The highest BCUT2D eigenvalue weighted by atomic mass is 32.2. The van der Waals surface area contributed by atoms with Gasteiger partial charge in [-0.2, -0.15) is 4.31 Å². The monoisotopic (exact) mass is 500 g/mol. The Kier molecular flexibility index (Phi) is 6.65. The van der Waals surface area contributed by atoms with Crippen molar-refractivity contribution in [2.45, 2.75) is 51.0 Å². The molecule has 2 aliphatic heterocycles. The maximum atomic E-state index is 13.5. The van der Waals surface area contributed by atoms with E-state index in [0.29, 0.717) is 49.3 Å². The van der Waals surface area contributed by atoms with Crippen LogP contribution in [0.4, 0.5) is 0 Å². The van der Waals surface area contributed by atoms with Gasteiger partial charge in [-0.15, -0.1) is 0 Å². The van der Waals surface area contributed by atoms with Crippen molar-refractivity contribution in [1.82, 2.24) is 28.7 Å². The first-order valence-corrected chi connectivity index (χ1v) is 13.8. The van der Waals surface area contributed by atoms with Crippen LogP contribution in [0.5, 0.6) is 5.88 Å². The molecule has 0 amide bonds. The van der Waals surface area contributed by atoms with Gasteiger partial charge < -0.3 is 19.2 Å². The van der Waals surface area contributed by atoms with Crippen molar-refractivity contribution < 1.29 is 13.2 Å². The molecule has 0 aliphatic carbocycles. The molecule has 0 spiro atoms. The zero-order valence-corrected chi connectivity index (χ0v) is 21.1. The number of pyridine rings is 1. The number of H-pyrrole nitrogens is 1. The molecule has 3 aromatic heterocycles. The van der Waals surface area contributed by atoms with Gasteiger partial charge in [0.1, 0.15) is 10.7 Å². The standard InChI is InChI=1S/C24H32N6O4S/c1-3-13-34-24-18(14-17(15-25-24)35(32,33)30-11-9-28(4-2)10-12-30)22-26-21-19(23(31)27-22)16-29-8-6-5-7-20(21)29/h14-16H,3-13H2,1-2H3,(H,26,27,31). The van der Waals surface area contributed by atoms with Gasteiger partial charge in [-0.25, -0.2) is 18.4 Å². The molecule has 0 unspecified atom stereocenters. The summed E-state index contributed by atoms with van der Waals surface area (Å²) in [5.41, 5.74) is 1.83. The van der Waals surface area contributed by atoms with E-state index in [1.807, 2.05) is 13.1 Å². The molecule has 35 heavy (non-hydrogen) atoms. The van der Waals surface area contributed by atoms with Crippen LogP contribution >= 0.6 is 0 Å².